The molecule has 0 aliphatic carbocycles. The Bertz CT molecular complexity index is 473. The summed E-state index contributed by atoms with van der Waals surface area (Å²) in [5.41, 5.74) is 1.04. The number of aromatic nitrogens is 1. The lowest BCUT2D eigenvalue weighted by atomic mass is 10.2. The van der Waals surface area contributed by atoms with Gasteiger partial charge in [0.05, 0.1) is 6.54 Å². The molecule has 1 N–H and O–H groups in total. The number of rotatable bonds is 4. The lowest BCUT2D eigenvalue weighted by molar-refractivity contribution is -0.146. The second-order valence-electron chi connectivity index (χ2n) is 5.04. The summed E-state index contributed by atoms with van der Waals surface area (Å²) in [5, 5.41) is 3.08. The minimum Gasteiger partial charge on any atom is -0.354 e. The van der Waals surface area contributed by atoms with Gasteiger partial charge in [-0.05, 0) is 29.0 Å². The van der Waals surface area contributed by atoms with E-state index in [1.54, 1.807) is 6.20 Å². The first-order chi connectivity index (χ1) is 9.89. The van der Waals surface area contributed by atoms with Crippen molar-refractivity contribution in [3.8, 4) is 0 Å². The molecule has 0 unspecified atom stereocenters. The van der Waals surface area contributed by atoms with Gasteiger partial charge in [-0.1, -0.05) is 0 Å². The maximum Gasteiger partial charge on any atom is 0.401 e. The third-order valence-electron chi connectivity index (χ3n) is 3.35. The third-order valence-corrected chi connectivity index (χ3v) is 3.79. The lowest BCUT2D eigenvalue weighted by Crippen LogP contribution is -2.49. The van der Waals surface area contributed by atoms with Gasteiger partial charge in [0.1, 0.15) is 5.82 Å². The molecule has 1 aliphatic heterocycles. The van der Waals surface area contributed by atoms with Gasteiger partial charge in [-0.2, -0.15) is 13.2 Å². The van der Waals surface area contributed by atoms with Gasteiger partial charge in [0.25, 0.3) is 0 Å². The van der Waals surface area contributed by atoms with Crippen molar-refractivity contribution in [3.05, 3.63) is 22.3 Å². The number of halogens is 4. The summed E-state index contributed by atoms with van der Waals surface area (Å²) in [7, 11) is 1.85. The predicted molar refractivity (Wildman–Crippen MR) is 79.4 cm³/mol. The summed E-state index contributed by atoms with van der Waals surface area (Å²) < 4.78 is 38.1. The second kappa shape index (κ2) is 6.93. The Morgan fingerprint density at radius 1 is 1.29 bits per heavy atom. The molecule has 21 heavy (non-hydrogen) atoms. The summed E-state index contributed by atoms with van der Waals surface area (Å²) in [6, 6.07) is 1.99. The second-order valence-corrected chi connectivity index (χ2v) is 5.96. The molecule has 4 nitrogen and oxygen atoms in total. The Balaban J connectivity index is 2.02. The first-order valence-corrected chi connectivity index (χ1v) is 7.51. The van der Waals surface area contributed by atoms with Crippen LogP contribution in [0.1, 0.15) is 5.56 Å². The molecular formula is C13H18BrF3N4. The van der Waals surface area contributed by atoms with Crippen LogP contribution < -0.4 is 10.2 Å². The van der Waals surface area contributed by atoms with Crippen molar-refractivity contribution in [3.63, 3.8) is 0 Å². The fraction of sp³-hybridized carbons (Fsp3) is 0.615. The molecule has 2 heterocycles. The number of piperazine rings is 1. The fourth-order valence-electron chi connectivity index (χ4n) is 2.45. The highest BCUT2D eigenvalue weighted by atomic mass is 79.9. The lowest BCUT2D eigenvalue weighted by Gasteiger charge is -2.36. The van der Waals surface area contributed by atoms with Gasteiger partial charge in [-0.3, -0.25) is 4.90 Å². The van der Waals surface area contributed by atoms with Gasteiger partial charge in [-0.15, -0.1) is 0 Å². The van der Waals surface area contributed by atoms with Gasteiger partial charge in [0, 0.05) is 49.0 Å². The van der Waals surface area contributed by atoms with E-state index in [4.69, 9.17) is 0 Å². The van der Waals surface area contributed by atoms with Crippen LogP contribution in [0.25, 0.3) is 0 Å². The quantitative estimate of drug-likeness (QED) is 0.885. The van der Waals surface area contributed by atoms with Gasteiger partial charge in [-0.25, -0.2) is 4.98 Å². The largest absolute Gasteiger partial charge is 0.401 e. The van der Waals surface area contributed by atoms with Crippen LogP contribution in [-0.2, 0) is 6.54 Å². The topological polar surface area (TPSA) is 31.4 Å². The van der Waals surface area contributed by atoms with E-state index in [1.165, 1.54) is 4.90 Å². The van der Waals surface area contributed by atoms with Crippen LogP contribution in [0.4, 0.5) is 19.0 Å². The van der Waals surface area contributed by atoms with Crippen molar-refractivity contribution >= 4 is 21.7 Å². The van der Waals surface area contributed by atoms with E-state index < -0.39 is 12.7 Å². The first kappa shape index (κ1) is 16.5. The van der Waals surface area contributed by atoms with Crippen molar-refractivity contribution in [2.45, 2.75) is 12.7 Å². The molecular weight excluding hydrogens is 349 g/mol. The van der Waals surface area contributed by atoms with Crippen molar-refractivity contribution in [2.75, 3.05) is 44.7 Å². The molecule has 0 radical (unpaired) electrons. The Hall–Kier alpha value is -0.860. The molecule has 8 heteroatoms. The molecule has 118 valence electrons. The zero-order valence-electron chi connectivity index (χ0n) is 11.8. The van der Waals surface area contributed by atoms with Crippen molar-refractivity contribution in [1.82, 2.24) is 15.2 Å². The maximum atomic E-state index is 12.4. The van der Waals surface area contributed by atoms with E-state index >= 15 is 0 Å². The summed E-state index contributed by atoms with van der Waals surface area (Å²) in [6.45, 7) is 1.75. The number of nitrogens with one attached hydrogen (secondary N) is 1. The summed E-state index contributed by atoms with van der Waals surface area (Å²) in [5.74, 6) is 0.846. The summed E-state index contributed by atoms with van der Waals surface area (Å²) in [6.07, 6.45) is -2.41. The zero-order chi connectivity index (χ0) is 15.5. The molecule has 0 aromatic carbocycles. The number of nitrogens with zero attached hydrogens (tertiary/aromatic N) is 3. The smallest absolute Gasteiger partial charge is 0.354 e. The van der Waals surface area contributed by atoms with Gasteiger partial charge >= 0.3 is 6.18 Å². The van der Waals surface area contributed by atoms with Crippen LogP contribution >= 0.6 is 15.9 Å². The molecule has 0 saturated carbocycles. The monoisotopic (exact) mass is 366 g/mol. The van der Waals surface area contributed by atoms with Crippen molar-refractivity contribution in [1.29, 1.82) is 0 Å². The van der Waals surface area contributed by atoms with E-state index in [1.807, 2.05) is 18.0 Å². The van der Waals surface area contributed by atoms with Crippen LogP contribution in [0.2, 0.25) is 0 Å². The van der Waals surface area contributed by atoms with Gasteiger partial charge < -0.3 is 10.2 Å². The highest BCUT2D eigenvalue weighted by Crippen LogP contribution is 2.24. The number of hydrogen-bond acceptors (Lipinski definition) is 4. The van der Waals surface area contributed by atoms with Crippen LogP contribution in [-0.4, -0.2) is 55.8 Å². The minimum atomic E-state index is -4.13. The van der Waals surface area contributed by atoms with Crippen LogP contribution in [0, 0.1) is 0 Å². The number of alkyl halides is 3. The molecule has 1 aromatic heterocycles. The summed E-state index contributed by atoms with van der Waals surface area (Å²) in [4.78, 5) is 7.90. The van der Waals surface area contributed by atoms with E-state index in [2.05, 4.69) is 26.2 Å². The normalized spacial score (nSPS) is 17.3. The van der Waals surface area contributed by atoms with E-state index in [-0.39, 0.29) is 0 Å². The number of pyridine rings is 1. The Labute approximate surface area is 130 Å². The van der Waals surface area contributed by atoms with Crippen LogP contribution in [0.15, 0.2) is 16.7 Å². The van der Waals surface area contributed by atoms with Crippen molar-refractivity contribution < 1.29 is 13.2 Å². The highest BCUT2D eigenvalue weighted by Gasteiger charge is 2.32. The first-order valence-electron chi connectivity index (χ1n) is 6.72. The SMILES string of the molecule is CNCc1cc(Br)cnc1N1CCN(CC(F)(F)F)CC1. The highest BCUT2D eigenvalue weighted by molar-refractivity contribution is 9.10. The maximum absolute atomic E-state index is 12.4. The number of hydrogen-bond donors (Lipinski definition) is 1. The standard InChI is InChI=1S/C13H18BrF3N4/c1-18-7-10-6-11(14)8-19-12(10)21-4-2-20(3-5-21)9-13(15,16)17/h6,8,18H,2-5,7,9H2,1H3. The van der Waals surface area contributed by atoms with E-state index in [0.29, 0.717) is 32.7 Å². The van der Waals surface area contributed by atoms with Gasteiger partial charge in [0.2, 0.25) is 0 Å². The molecule has 0 spiro atoms. The molecule has 1 aliphatic rings. The molecule has 0 bridgehead atoms. The Morgan fingerprint density at radius 2 is 1.95 bits per heavy atom. The predicted octanol–water partition coefficient (Wildman–Crippen LogP) is 2.25. The molecule has 0 amide bonds. The molecule has 1 aromatic rings. The molecule has 2 rings (SSSR count). The molecule has 1 saturated heterocycles. The zero-order valence-corrected chi connectivity index (χ0v) is 13.3. The van der Waals surface area contributed by atoms with E-state index in [9.17, 15) is 13.2 Å². The average molecular weight is 367 g/mol. The average Bonchev–Trinajstić information content (AvgIpc) is 2.39. The fourth-order valence-corrected chi connectivity index (χ4v) is 2.83. The van der Waals surface area contributed by atoms with Gasteiger partial charge in [0.15, 0.2) is 0 Å². The third kappa shape index (κ3) is 4.82. The van der Waals surface area contributed by atoms with E-state index in [0.717, 1.165) is 15.9 Å². The number of anilines is 1. The van der Waals surface area contributed by atoms with Crippen LogP contribution in [0.5, 0.6) is 0 Å². The molecule has 1 fully saturated rings. The van der Waals surface area contributed by atoms with Crippen molar-refractivity contribution in [2.24, 2.45) is 0 Å². The Kier molecular flexibility index (Phi) is 5.45. The summed E-state index contributed by atoms with van der Waals surface area (Å²) >= 11 is 3.39. The minimum absolute atomic E-state index is 0.399. The van der Waals surface area contributed by atoms with Crippen LogP contribution in [0.3, 0.4) is 0 Å². The molecule has 0 atom stereocenters. The Morgan fingerprint density at radius 3 is 2.52 bits per heavy atom.